The molecule has 2 atom stereocenters. The molecule has 16 heavy (non-hydrogen) atoms. The number of nitrogens with one attached hydrogen (secondary N) is 1. The first-order valence-corrected chi connectivity index (χ1v) is 6.03. The van der Waals surface area contributed by atoms with Crippen LogP contribution in [0.2, 0.25) is 5.02 Å². The van der Waals surface area contributed by atoms with Crippen molar-refractivity contribution in [2.45, 2.75) is 32.2 Å². The van der Waals surface area contributed by atoms with E-state index in [-0.39, 0.29) is 0 Å². The molecule has 0 amide bonds. The number of rotatable bonds is 2. The highest BCUT2D eigenvalue weighted by Crippen LogP contribution is 2.30. The third kappa shape index (κ3) is 2.31. The molecule has 2 unspecified atom stereocenters. The van der Waals surface area contributed by atoms with Crippen molar-refractivity contribution in [1.82, 2.24) is 0 Å². The summed E-state index contributed by atoms with van der Waals surface area (Å²) in [7, 11) is 0. The highest BCUT2D eigenvalue weighted by molar-refractivity contribution is 6.32. The largest absolute Gasteiger partial charge is 0.381 e. The lowest BCUT2D eigenvalue weighted by Gasteiger charge is -2.15. The molecule has 0 aromatic heterocycles. The topological polar surface area (TPSA) is 35.8 Å². The van der Waals surface area contributed by atoms with Crippen LogP contribution in [0, 0.1) is 17.2 Å². The van der Waals surface area contributed by atoms with Gasteiger partial charge in [0.05, 0.1) is 16.3 Å². The Kier molecular flexibility index (Phi) is 3.36. The van der Waals surface area contributed by atoms with Gasteiger partial charge in [-0.25, -0.2) is 0 Å². The van der Waals surface area contributed by atoms with Crippen LogP contribution in [0.15, 0.2) is 18.2 Å². The molecule has 3 heteroatoms. The lowest BCUT2D eigenvalue weighted by molar-refractivity contribution is 0.602. The van der Waals surface area contributed by atoms with Gasteiger partial charge in [-0.1, -0.05) is 24.6 Å². The molecular weight excluding hydrogens is 220 g/mol. The van der Waals surface area contributed by atoms with Gasteiger partial charge in [0.15, 0.2) is 0 Å². The first-order chi connectivity index (χ1) is 7.70. The SMILES string of the molecule is CC1CCC(Nc2cccc(Cl)c2C#N)C1. The zero-order chi connectivity index (χ0) is 11.5. The van der Waals surface area contributed by atoms with Gasteiger partial charge in [-0.15, -0.1) is 0 Å². The van der Waals surface area contributed by atoms with Gasteiger partial charge in [-0.3, -0.25) is 0 Å². The summed E-state index contributed by atoms with van der Waals surface area (Å²) >= 11 is 5.98. The maximum absolute atomic E-state index is 9.05. The number of hydrogen-bond donors (Lipinski definition) is 1. The number of benzene rings is 1. The molecule has 84 valence electrons. The molecule has 0 spiro atoms. The second-order valence-corrected chi connectivity index (χ2v) is 4.94. The van der Waals surface area contributed by atoms with E-state index in [0.717, 1.165) is 11.6 Å². The highest BCUT2D eigenvalue weighted by atomic mass is 35.5. The standard InChI is InChI=1S/C13H15ClN2/c1-9-5-6-10(7-9)16-13-4-2-3-12(14)11(13)8-15/h2-4,9-10,16H,5-7H2,1H3. The van der Waals surface area contributed by atoms with Gasteiger partial charge in [0.1, 0.15) is 6.07 Å². The predicted molar refractivity (Wildman–Crippen MR) is 66.6 cm³/mol. The van der Waals surface area contributed by atoms with E-state index in [0.29, 0.717) is 16.6 Å². The summed E-state index contributed by atoms with van der Waals surface area (Å²) in [6.07, 6.45) is 3.62. The third-order valence-electron chi connectivity index (χ3n) is 3.18. The van der Waals surface area contributed by atoms with Crippen molar-refractivity contribution in [3.8, 4) is 6.07 Å². The van der Waals surface area contributed by atoms with Crippen LogP contribution in [-0.4, -0.2) is 6.04 Å². The molecule has 1 N–H and O–H groups in total. The Morgan fingerprint density at radius 3 is 2.88 bits per heavy atom. The molecular formula is C13H15ClN2. The zero-order valence-electron chi connectivity index (χ0n) is 9.33. The summed E-state index contributed by atoms with van der Waals surface area (Å²) < 4.78 is 0. The van der Waals surface area contributed by atoms with Crippen molar-refractivity contribution in [2.24, 2.45) is 5.92 Å². The zero-order valence-corrected chi connectivity index (χ0v) is 10.1. The molecule has 1 aromatic carbocycles. The normalized spacial score (nSPS) is 24.1. The maximum Gasteiger partial charge on any atom is 0.103 e. The van der Waals surface area contributed by atoms with E-state index in [2.05, 4.69) is 18.3 Å². The average molecular weight is 235 g/mol. The molecule has 0 bridgehead atoms. The predicted octanol–water partition coefficient (Wildman–Crippen LogP) is 3.81. The van der Waals surface area contributed by atoms with Crippen LogP contribution in [0.1, 0.15) is 31.7 Å². The lowest BCUT2D eigenvalue weighted by atomic mass is 10.1. The molecule has 2 rings (SSSR count). The van der Waals surface area contributed by atoms with E-state index in [9.17, 15) is 0 Å². The smallest absolute Gasteiger partial charge is 0.103 e. The van der Waals surface area contributed by atoms with Gasteiger partial charge in [0, 0.05) is 6.04 Å². The number of halogens is 1. The summed E-state index contributed by atoms with van der Waals surface area (Å²) in [6, 6.07) is 8.20. The third-order valence-corrected chi connectivity index (χ3v) is 3.49. The second-order valence-electron chi connectivity index (χ2n) is 4.53. The van der Waals surface area contributed by atoms with E-state index in [1.165, 1.54) is 19.3 Å². The molecule has 0 aliphatic heterocycles. The Hall–Kier alpha value is -1.20. The molecule has 1 saturated carbocycles. The molecule has 1 aliphatic carbocycles. The summed E-state index contributed by atoms with van der Waals surface area (Å²) in [5.74, 6) is 0.780. The van der Waals surface area contributed by atoms with Crippen LogP contribution >= 0.6 is 11.6 Å². The number of hydrogen-bond acceptors (Lipinski definition) is 2. The minimum atomic E-state index is 0.487. The van der Waals surface area contributed by atoms with E-state index in [1.807, 2.05) is 12.1 Å². The van der Waals surface area contributed by atoms with Crippen molar-refractivity contribution in [3.63, 3.8) is 0 Å². The Bertz CT molecular complexity index is 422. The van der Waals surface area contributed by atoms with Gasteiger partial charge in [-0.05, 0) is 37.3 Å². The van der Waals surface area contributed by atoms with Crippen molar-refractivity contribution in [2.75, 3.05) is 5.32 Å². The van der Waals surface area contributed by atoms with E-state index >= 15 is 0 Å². The van der Waals surface area contributed by atoms with Gasteiger partial charge in [0.25, 0.3) is 0 Å². The van der Waals surface area contributed by atoms with Crippen LogP contribution in [0.25, 0.3) is 0 Å². The average Bonchev–Trinajstić information content (AvgIpc) is 2.64. The molecule has 0 radical (unpaired) electrons. The number of nitrogens with zero attached hydrogens (tertiary/aromatic N) is 1. The summed E-state index contributed by atoms with van der Waals surface area (Å²) in [5, 5.41) is 13.0. The van der Waals surface area contributed by atoms with Gasteiger partial charge in [-0.2, -0.15) is 5.26 Å². The number of anilines is 1. The fourth-order valence-corrected chi connectivity index (χ4v) is 2.53. The van der Waals surface area contributed by atoms with E-state index < -0.39 is 0 Å². The fraction of sp³-hybridized carbons (Fsp3) is 0.462. The quantitative estimate of drug-likeness (QED) is 0.845. The van der Waals surface area contributed by atoms with Crippen molar-refractivity contribution in [1.29, 1.82) is 5.26 Å². The van der Waals surface area contributed by atoms with Crippen LogP contribution in [-0.2, 0) is 0 Å². The number of nitriles is 1. The lowest BCUT2D eigenvalue weighted by Crippen LogP contribution is -2.16. The van der Waals surface area contributed by atoms with Gasteiger partial charge in [0.2, 0.25) is 0 Å². The summed E-state index contributed by atoms with van der Waals surface area (Å²) in [4.78, 5) is 0. The van der Waals surface area contributed by atoms with Crippen molar-refractivity contribution >= 4 is 17.3 Å². The minimum absolute atomic E-state index is 0.487. The first-order valence-electron chi connectivity index (χ1n) is 5.66. The molecule has 1 aliphatic rings. The van der Waals surface area contributed by atoms with Crippen LogP contribution in [0.4, 0.5) is 5.69 Å². The van der Waals surface area contributed by atoms with E-state index in [4.69, 9.17) is 16.9 Å². The maximum atomic E-state index is 9.05. The molecule has 0 heterocycles. The second kappa shape index (κ2) is 4.76. The minimum Gasteiger partial charge on any atom is -0.381 e. The summed E-state index contributed by atoms with van der Waals surface area (Å²) in [5.41, 5.74) is 1.43. The first kappa shape index (κ1) is 11.3. The molecule has 1 fully saturated rings. The van der Waals surface area contributed by atoms with Crippen LogP contribution in [0.5, 0.6) is 0 Å². The van der Waals surface area contributed by atoms with Crippen molar-refractivity contribution < 1.29 is 0 Å². The van der Waals surface area contributed by atoms with Crippen molar-refractivity contribution in [3.05, 3.63) is 28.8 Å². The van der Waals surface area contributed by atoms with E-state index in [1.54, 1.807) is 6.07 Å². The molecule has 1 aromatic rings. The summed E-state index contributed by atoms with van der Waals surface area (Å²) in [6.45, 7) is 2.27. The molecule has 0 saturated heterocycles. The van der Waals surface area contributed by atoms with Gasteiger partial charge >= 0.3 is 0 Å². The Labute approximate surface area is 101 Å². The van der Waals surface area contributed by atoms with Gasteiger partial charge < -0.3 is 5.32 Å². The Morgan fingerprint density at radius 1 is 1.44 bits per heavy atom. The fourth-order valence-electron chi connectivity index (χ4n) is 2.32. The molecule has 2 nitrogen and oxygen atoms in total. The Balaban J connectivity index is 2.16. The monoisotopic (exact) mass is 234 g/mol. The Morgan fingerprint density at radius 2 is 2.25 bits per heavy atom. The van der Waals surface area contributed by atoms with Crippen LogP contribution in [0.3, 0.4) is 0 Å². The van der Waals surface area contributed by atoms with Crippen LogP contribution < -0.4 is 5.32 Å². The highest BCUT2D eigenvalue weighted by Gasteiger charge is 2.21.